The van der Waals surface area contributed by atoms with Gasteiger partial charge in [-0.15, -0.1) is 0 Å². The summed E-state index contributed by atoms with van der Waals surface area (Å²) in [4.78, 5) is 11.4. The Morgan fingerprint density at radius 1 is 1.42 bits per heavy atom. The zero-order chi connectivity index (χ0) is 14.0. The van der Waals surface area contributed by atoms with Crippen molar-refractivity contribution < 1.29 is 15.0 Å². The van der Waals surface area contributed by atoms with Crippen LogP contribution in [0, 0.1) is 19.8 Å². The third kappa shape index (κ3) is 2.79. The summed E-state index contributed by atoms with van der Waals surface area (Å²) in [6, 6.07) is 6.18. The summed E-state index contributed by atoms with van der Waals surface area (Å²) in [5.74, 6) is -1.34. The van der Waals surface area contributed by atoms with Crippen LogP contribution in [0.1, 0.15) is 17.5 Å². The van der Waals surface area contributed by atoms with Crippen molar-refractivity contribution in [3.63, 3.8) is 0 Å². The van der Waals surface area contributed by atoms with E-state index < -0.39 is 11.9 Å². The molecule has 2 atom stereocenters. The van der Waals surface area contributed by atoms with Crippen molar-refractivity contribution in [3.05, 3.63) is 41.0 Å². The van der Waals surface area contributed by atoms with E-state index in [4.69, 9.17) is 0 Å². The van der Waals surface area contributed by atoms with Crippen molar-refractivity contribution in [2.75, 3.05) is 6.61 Å². The monoisotopic (exact) mass is 274 g/mol. The molecule has 1 aliphatic rings. The number of rotatable bonds is 4. The summed E-state index contributed by atoms with van der Waals surface area (Å²) in [6.45, 7) is 4.01. The Bertz CT molecular complexity index is 522. The normalized spacial score (nSPS) is 22.4. The van der Waals surface area contributed by atoms with Crippen LogP contribution >= 0.6 is 0 Å². The van der Waals surface area contributed by atoms with Gasteiger partial charge < -0.3 is 10.2 Å². The molecule has 0 saturated carbocycles. The molecule has 0 fully saturated rings. The van der Waals surface area contributed by atoms with Gasteiger partial charge in [-0.1, -0.05) is 29.5 Å². The van der Waals surface area contributed by atoms with Crippen LogP contribution in [0.5, 0.6) is 0 Å². The summed E-state index contributed by atoms with van der Waals surface area (Å²) in [6.07, 6.45) is 2.64. The molecule has 0 heterocycles. The lowest BCUT2D eigenvalue weighted by Crippen LogP contribution is -2.30. The van der Waals surface area contributed by atoms with E-state index in [9.17, 15) is 15.0 Å². The second kappa shape index (κ2) is 5.71. The van der Waals surface area contributed by atoms with Crippen LogP contribution in [-0.4, -0.2) is 32.3 Å². The smallest absolute Gasteiger partial charge is 0.310 e. The minimum absolute atomic E-state index is 0.0835. The Hall–Kier alpha value is -1.39. The van der Waals surface area contributed by atoms with Gasteiger partial charge in [0.2, 0.25) is 0 Å². The maximum atomic E-state index is 11.4. The van der Waals surface area contributed by atoms with Crippen molar-refractivity contribution >= 4 is 20.7 Å². The van der Waals surface area contributed by atoms with Gasteiger partial charge in [0.25, 0.3) is 0 Å². The molecule has 1 aromatic rings. The van der Waals surface area contributed by atoms with E-state index in [2.05, 4.69) is 26.0 Å². The first-order valence-corrected chi connectivity index (χ1v) is 7.47. The molecule has 2 N–H and O–H groups in total. The molecule has 0 saturated heterocycles. The van der Waals surface area contributed by atoms with E-state index in [-0.39, 0.29) is 12.1 Å². The van der Waals surface area contributed by atoms with Crippen LogP contribution in [0.3, 0.4) is 0 Å². The number of carboxylic acids is 1. The van der Waals surface area contributed by atoms with E-state index in [1.54, 1.807) is 0 Å². The number of allylic oxidation sites excluding steroid dienone is 1. The molecule has 19 heavy (non-hydrogen) atoms. The van der Waals surface area contributed by atoms with Crippen LogP contribution in [-0.2, 0) is 4.79 Å². The molecule has 4 heteroatoms. The number of benzene rings is 1. The second-order valence-electron chi connectivity index (χ2n) is 4.99. The van der Waals surface area contributed by atoms with Gasteiger partial charge in [0.15, 0.2) is 0 Å². The Morgan fingerprint density at radius 3 is 2.79 bits per heavy atom. The van der Waals surface area contributed by atoms with Crippen molar-refractivity contribution in [3.8, 4) is 0 Å². The highest BCUT2D eigenvalue weighted by Gasteiger charge is 2.35. The van der Waals surface area contributed by atoms with E-state index >= 15 is 0 Å². The molecule has 1 aromatic carbocycles. The first-order valence-electron chi connectivity index (χ1n) is 6.40. The van der Waals surface area contributed by atoms with Gasteiger partial charge in [0.1, 0.15) is 0 Å². The highest BCUT2D eigenvalue weighted by Crippen LogP contribution is 2.36. The van der Waals surface area contributed by atoms with Gasteiger partial charge in [-0.3, -0.25) is 4.79 Å². The van der Waals surface area contributed by atoms with Crippen molar-refractivity contribution in [2.24, 2.45) is 5.92 Å². The Kier molecular flexibility index (Phi) is 4.22. The van der Waals surface area contributed by atoms with Crippen molar-refractivity contribution in [2.45, 2.75) is 25.8 Å². The number of aryl methyl sites for hydroxylation is 1. The molecule has 0 aliphatic heterocycles. The third-order valence-electron chi connectivity index (χ3n) is 3.83. The van der Waals surface area contributed by atoms with Gasteiger partial charge >= 0.3 is 5.97 Å². The van der Waals surface area contributed by atoms with Crippen LogP contribution in [0.4, 0.5) is 0 Å². The number of aliphatic hydroxyl groups is 1. The minimum atomic E-state index is -0.819. The summed E-state index contributed by atoms with van der Waals surface area (Å²) in [5, 5.41) is 19.8. The van der Waals surface area contributed by atoms with Crippen LogP contribution in [0.2, 0.25) is 5.54 Å². The summed E-state index contributed by atoms with van der Waals surface area (Å²) in [5.41, 5.74) is 3.24. The molecule has 0 aromatic heterocycles. The number of carboxylic acid groups (broad SMARTS) is 1. The molecule has 0 amide bonds. The first kappa shape index (κ1) is 14.0. The molecule has 0 spiro atoms. The number of carbonyl (C=O) groups is 1. The number of aliphatic hydroxyl groups excluding tert-OH is 1. The molecule has 2 radical (unpaired) electrons. The van der Waals surface area contributed by atoms with Gasteiger partial charge in [0.05, 0.1) is 22.0 Å². The van der Waals surface area contributed by atoms with Crippen LogP contribution < -0.4 is 5.19 Å². The molecule has 1 aliphatic carbocycles. The average molecular weight is 274 g/mol. The highest BCUT2D eigenvalue weighted by atomic mass is 28.2. The second-order valence-corrected chi connectivity index (χ2v) is 6.56. The van der Waals surface area contributed by atoms with Gasteiger partial charge in [-0.2, -0.15) is 0 Å². The zero-order valence-corrected chi connectivity index (χ0v) is 12.2. The largest absolute Gasteiger partial charge is 0.481 e. The van der Waals surface area contributed by atoms with Crippen LogP contribution in [0.15, 0.2) is 29.8 Å². The molecule has 0 bridgehead atoms. The molecule has 2 unspecified atom stereocenters. The average Bonchev–Trinajstić information content (AvgIpc) is 2.78. The fourth-order valence-corrected chi connectivity index (χ4v) is 4.31. The lowest BCUT2D eigenvalue weighted by Gasteiger charge is -2.19. The molecule has 100 valence electrons. The quantitative estimate of drug-likeness (QED) is 0.645. The fourth-order valence-electron chi connectivity index (χ4n) is 2.54. The molecular weight excluding hydrogens is 256 g/mol. The van der Waals surface area contributed by atoms with E-state index in [1.165, 1.54) is 16.3 Å². The Balaban J connectivity index is 2.20. The van der Waals surface area contributed by atoms with Gasteiger partial charge in [-0.05, 0) is 42.5 Å². The van der Waals surface area contributed by atoms with E-state index in [0.717, 1.165) is 6.42 Å². The fraction of sp³-hybridized carbons (Fsp3) is 0.400. The molecular formula is C15H18O3Si. The van der Waals surface area contributed by atoms with Gasteiger partial charge in [0, 0.05) is 0 Å². The standard InChI is InChI=1S/C15H18O3Si/c1-9-4-3-5-12(10(9)2)19-13-7-6-11(8-16)14(13)15(17)18/h3-6,13-14,16H,7-8H2,1-2H3,(H,17,18). The third-order valence-corrected chi connectivity index (χ3v) is 5.62. The van der Waals surface area contributed by atoms with Crippen LogP contribution in [0.25, 0.3) is 0 Å². The minimum Gasteiger partial charge on any atom is -0.481 e. The van der Waals surface area contributed by atoms with Crippen molar-refractivity contribution in [1.29, 1.82) is 0 Å². The predicted octanol–water partition coefficient (Wildman–Crippen LogP) is 1.44. The number of hydrogen-bond donors (Lipinski definition) is 2. The van der Waals surface area contributed by atoms with E-state index in [1.807, 2.05) is 12.1 Å². The predicted molar refractivity (Wildman–Crippen MR) is 76.0 cm³/mol. The Morgan fingerprint density at radius 2 is 2.16 bits per heavy atom. The SMILES string of the molecule is Cc1cccc([Si]C2CC=C(CO)C2C(=O)O)c1C. The lowest BCUT2D eigenvalue weighted by molar-refractivity contribution is -0.140. The number of hydrogen-bond acceptors (Lipinski definition) is 2. The summed E-state index contributed by atoms with van der Waals surface area (Å²) >= 11 is 0. The van der Waals surface area contributed by atoms with E-state index in [0.29, 0.717) is 15.1 Å². The maximum absolute atomic E-state index is 11.4. The topological polar surface area (TPSA) is 57.5 Å². The first-order chi connectivity index (χ1) is 9.04. The molecule has 2 rings (SSSR count). The summed E-state index contributed by atoms with van der Waals surface area (Å²) < 4.78 is 0. The molecule has 3 nitrogen and oxygen atoms in total. The maximum Gasteiger partial charge on any atom is 0.310 e. The zero-order valence-electron chi connectivity index (χ0n) is 11.2. The summed E-state index contributed by atoms with van der Waals surface area (Å²) in [7, 11) is 0.471. The lowest BCUT2D eigenvalue weighted by atomic mass is 10.0. The highest BCUT2D eigenvalue weighted by molar-refractivity contribution is 6.56. The van der Waals surface area contributed by atoms with Gasteiger partial charge in [-0.25, -0.2) is 0 Å². The number of aliphatic carboxylic acids is 1. The van der Waals surface area contributed by atoms with Crippen molar-refractivity contribution in [1.82, 2.24) is 0 Å². The Labute approximate surface area is 115 Å².